The van der Waals surface area contributed by atoms with Gasteiger partial charge in [0, 0.05) is 6.54 Å². The van der Waals surface area contributed by atoms with Crippen LogP contribution >= 0.6 is 22.6 Å². The fraction of sp³-hybridized carbons (Fsp3) is 1.00. The molecule has 0 aromatic heterocycles. The van der Waals surface area contributed by atoms with Crippen LogP contribution in [0.3, 0.4) is 0 Å². The van der Waals surface area contributed by atoms with Crippen LogP contribution in [-0.4, -0.2) is 32.4 Å². The standard InChI is InChI=1S/C4H10INO3S/c1-10(7,8)6-2-3-9-4-5/h6H,2-4H2,1H3. The first-order valence-corrected chi connectivity index (χ1v) is 6.06. The molecule has 0 aliphatic carbocycles. The molecule has 0 saturated heterocycles. The van der Waals surface area contributed by atoms with Crippen molar-refractivity contribution in [2.24, 2.45) is 0 Å². The van der Waals surface area contributed by atoms with E-state index in [0.29, 0.717) is 17.8 Å². The molecule has 0 atom stereocenters. The Labute approximate surface area is 74.5 Å². The summed E-state index contributed by atoms with van der Waals surface area (Å²) in [5.41, 5.74) is 0. The number of sulfonamides is 1. The summed E-state index contributed by atoms with van der Waals surface area (Å²) in [6.45, 7) is 0.776. The average Bonchev–Trinajstić information content (AvgIpc) is 1.78. The maximum Gasteiger partial charge on any atom is 0.208 e. The number of halogens is 1. The molecule has 0 spiro atoms. The van der Waals surface area contributed by atoms with Crippen LogP contribution in [0.1, 0.15) is 0 Å². The summed E-state index contributed by atoms with van der Waals surface area (Å²) in [6.07, 6.45) is 1.12. The number of hydrogen-bond acceptors (Lipinski definition) is 3. The fourth-order valence-corrected chi connectivity index (χ4v) is 1.12. The third kappa shape index (κ3) is 8.60. The van der Waals surface area contributed by atoms with Crippen molar-refractivity contribution < 1.29 is 13.2 Å². The van der Waals surface area contributed by atoms with E-state index in [4.69, 9.17) is 4.74 Å². The van der Waals surface area contributed by atoms with Crippen molar-refractivity contribution in [3.63, 3.8) is 0 Å². The minimum atomic E-state index is -3.04. The van der Waals surface area contributed by atoms with E-state index in [1.54, 1.807) is 0 Å². The van der Waals surface area contributed by atoms with Gasteiger partial charge in [0.15, 0.2) is 0 Å². The molecule has 1 N–H and O–H groups in total. The fourth-order valence-electron chi connectivity index (χ4n) is 0.354. The second-order valence-electron chi connectivity index (χ2n) is 1.68. The molecule has 0 rings (SSSR count). The topological polar surface area (TPSA) is 55.4 Å². The van der Waals surface area contributed by atoms with Crippen LogP contribution in [0.4, 0.5) is 0 Å². The lowest BCUT2D eigenvalue weighted by Gasteiger charge is -2.00. The zero-order valence-electron chi connectivity index (χ0n) is 5.63. The van der Waals surface area contributed by atoms with Crippen molar-refractivity contribution in [3.8, 4) is 0 Å². The maximum atomic E-state index is 10.4. The molecule has 0 aromatic rings. The summed E-state index contributed by atoms with van der Waals surface area (Å²) in [5, 5.41) is 0. The second kappa shape index (κ2) is 5.28. The van der Waals surface area contributed by atoms with E-state index in [-0.39, 0.29) is 0 Å². The van der Waals surface area contributed by atoms with Crippen LogP contribution in [-0.2, 0) is 14.8 Å². The molecule has 4 nitrogen and oxygen atoms in total. The molecule has 0 unspecified atom stereocenters. The molecule has 10 heavy (non-hydrogen) atoms. The maximum absolute atomic E-state index is 10.4. The number of rotatable bonds is 5. The largest absolute Gasteiger partial charge is 0.370 e. The predicted molar refractivity (Wildman–Crippen MR) is 47.7 cm³/mol. The zero-order valence-corrected chi connectivity index (χ0v) is 8.61. The van der Waals surface area contributed by atoms with Gasteiger partial charge in [-0.1, -0.05) is 22.6 Å². The van der Waals surface area contributed by atoms with Crippen LogP contribution < -0.4 is 4.72 Å². The molecular weight excluding hydrogens is 269 g/mol. The lowest BCUT2D eigenvalue weighted by atomic mass is 10.7. The lowest BCUT2D eigenvalue weighted by Crippen LogP contribution is -2.25. The normalized spacial score (nSPS) is 11.8. The van der Waals surface area contributed by atoms with E-state index in [0.717, 1.165) is 6.26 Å². The number of nitrogens with one attached hydrogen (secondary N) is 1. The van der Waals surface area contributed by atoms with Crippen LogP contribution in [0.2, 0.25) is 0 Å². The smallest absolute Gasteiger partial charge is 0.208 e. The van der Waals surface area contributed by atoms with Crippen molar-refractivity contribution in [1.82, 2.24) is 4.72 Å². The van der Waals surface area contributed by atoms with Crippen molar-refractivity contribution >= 4 is 32.6 Å². The Morgan fingerprint density at radius 1 is 1.60 bits per heavy atom. The molecule has 6 heteroatoms. The minimum absolute atomic E-state index is 0.349. The highest BCUT2D eigenvalue weighted by molar-refractivity contribution is 14.1. The highest BCUT2D eigenvalue weighted by Gasteiger charge is 1.97. The van der Waals surface area contributed by atoms with Gasteiger partial charge in [-0.3, -0.25) is 0 Å². The van der Waals surface area contributed by atoms with Crippen molar-refractivity contribution in [2.45, 2.75) is 0 Å². The minimum Gasteiger partial charge on any atom is -0.370 e. The predicted octanol–water partition coefficient (Wildman–Crippen LogP) is -0.0553. The third-order valence-corrected chi connectivity index (χ3v) is 1.86. The van der Waals surface area contributed by atoms with Gasteiger partial charge >= 0.3 is 0 Å². The molecule has 0 aliphatic rings. The van der Waals surface area contributed by atoms with Crippen LogP contribution in [0.25, 0.3) is 0 Å². The Hall–Kier alpha value is 0.600. The summed E-state index contributed by atoms with van der Waals surface area (Å²) in [6, 6.07) is 0. The van der Waals surface area contributed by atoms with Crippen LogP contribution in [0, 0.1) is 0 Å². The molecule has 0 aromatic carbocycles. The Balaban J connectivity index is 3.21. The summed E-state index contributed by atoms with van der Waals surface area (Å²) in [4.78, 5) is 0. The average molecular weight is 279 g/mol. The highest BCUT2D eigenvalue weighted by Crippen LogP contribution is 1.82. The van der Waals surface area contributed by atoms with Gasteiger partial charge in [0.05, 0.1) is 17.5 Å². The molecule has 0 radical (unpaired) electrons. The SMILES string of the molecule is CS(=O)(=O)NCCOCI. The van der Waals surface area contributed by atoms with E-state index in [9.17, 15) is 8.42 Å². The molecule has 62 valence electrons. The lowest BCUT2D eigenvalue weighted by molar-refractivity contribution is 0.197. The van der Waals surface area contributed by atoms with Gasteiger partial charge in [0.2, 0.25) is 10.0 Å². The monoisotopic (exact) mass is 279 g/mol. The highest BCUT2D eigenvalue weighted by atomic mass is 127. The molecule has 0 bridgehead atoms. The first-order valence-electron chi connectivity index (χ1n) is 2.64. The second-order valence-corrected chi connectivity index (χ2v) is 4.14. The van der Waals surface area contributed by atoms with Gasteiger partial charge in [0.1, 0.15) is 0 Å². The first-order chi connectivity index (χ1) is 4.56. The Morgan fingerprint density at radius 3 is 2.60 bits per heavy atom. The van der Waals surface area contributed by atoms with Gasteiger partial charge in [0.25, 0.3) is 0 Å². The molecular formula is C4H10INO3S. The van der Waals surface area contributed by atoms with Crippen molar-refractivity contribution in [3.05, 3.63) is 0 Å². The number of ether oxygens (including phenoxy) is 1. The van der Waals surface area contributed by atoms with E-state index in [1.807, 2.05) is 22.6 Å². The summed E-state index contributed by atoms with van der Waals surface area (Å²) < 4.78 is 28.6. The molecule has 0 aliphatic heterocycles. The van der Waals surface area contributed by atoms with Gasteiger partial charge < -0.3 is 4.74 Å². The van der Waals surface area contributed by atoms with Gasteiger partial charge in [-0.2, -0.15) is 0 Å². The van der Waals surface area contributed by atoms with Crippen LogP contribution in [0.15, 0.2) is 0 Å². The van der Waals surface area contributed by atoms with E-state index in [1.165, 1.54) is 0 Å². The first kappa shape index (κ1) is 10.6. The zero-order chi connectivity index (χ0) is 8.04. The quantitative estimate of drug-likeness (QED) is 0.436. The van der Waals surface area contributed by atoms with Crippen molar-refractivity contribution in [2.75, 3.05) is 24.0 Å². The Kier molecular flexibility index (Phi) is 5.59. The number of alkyl halides is 1. The van der Waals surface area contributed by atoms with Gasteiger partial charge in [-0.05, 0) is 0 Å². The van der Waals surface area contributed by atoms with Gasteiger partial charge in [-0.25, -0.2) is 13.1 Å². The summed E-state index contributed by atoms with van der Waals surface area (Å²) in [7, 11) is -3.04. The summed E-state index contributed by atoms with van der Waals surface area (Å²) in [5.74, 6) is 0. The summed E-state index contributed by atoms with van der Waals surface area (Å²) >= 11 is 2.05. The number of hydrogen-bond donors (Lipinski definition) is 1. The van der Waals surface area contributed by atoms with Gasteiger partial charge in [-0.15, -0.1) is 0 Å². The van der Waals surface area contributed by atoms with Crippen LogP contribution in [0.5, 0.6) is 0 Å². The van der Waals surface area contributed by atoms with E-state index >= 15 is 0 Å². The third-order valence-electron chi connectivity index (χ3n) is 0.688. The Morgan fingerprint density at radius 2 is 2.20 bits per heavy atom. The van der Waals surface area contributed by atoms with E-state index < -0.39 is 10.0 Å². The molecule has 0 heterocycles. The molecule has 0 saturated carbocycles. The van der Waals surface area contributed by atoms with Crippen molar-refractivity contribution in [1.29, 1.82) is 0 Å². The van der Waals surface area contributed by atoms with E-state index in [2.05, 4.69) is 4.72 Å². The molecule has 0 fully saturated rings. The molecule has 0 amide bonds. The Bertz CT molecular complexity index is 167.